The number of nitrogens with zero attached hydrogens (tertiary/aromatic N) is 1. The minimum atomic E-state index is -0.570. The fourth-order valence-corrected chi connectivity index (χ4v) is 1.61. The summed E-state index contributed by atoms with van der Waals surface area (Å²) in [6, 6.07) is 5.13. The molecular weight excluding hydrogens is 268 g/mol. The van der Waals surface area contributed by atoms with Crippen molar-refractivity contribution in [1.82, 2.24) is 5.06 Å². The van der Waals surface area contributed by atoms with Crippen LogP contribution in [0, 0.1) is 0 Å². The Morgan fingerprint density at radius 2 is 2.11 bits per heavy atom. The third kappa shape index (κ3) is 5.92. The number of hydroxylamine groups is 2. The van der Waals surface area contributed by atoms with Gasteiger partial charge < -0.3 is 9.94 Å². The van der Waals surface area contributed by atoms with Crippen molar-refractivity contribution in [3.05, 3.63) is 28.8 Å². The molecule has 0 unspecified atom stereocenters. The lowest BCUT2D eigenvalue weighted by Crippen LogP contribution is -2.27. The number of hydrogen-bond donors (Lipinski definition) is 2. The van der Waals surface area contributed by atoms with Crippen LogP contribution in [0.4, 0.5) is 10.5 Å². The van der Waals surface area contributed by atoms with E-state index in [1.165, 1.54) is 7.05 Å². The Morgan fingerprint density at radius 3 is 2.63 bits per heavy atom. The Balaban J connectivity index is 2.79. The van der Waals surface area contributed by atoms with E-state index in [-0.39, 0.29) is 0 Å². The third-order valence-corrected chi connectivity index (χ3v) is 2.41. The van der Waals surface area contributed by atoms with Crippen molar-refractivity contribution in [3.63, 3.8) is 0 Å². The third-order valence-electron chi connectivity index (χ3n) is 2.08. The lowest BCUT2D eigenvalue weighted by atomic mass is 10.2. The Hall–Kier alpha value is -1.30. The van der Waals surface area contributed by atoms with Crippen molar-refractivity contribution in [2.24, 2.45) is 0 Å². The zero-order valence-electron chi connectivity index (χ0n) is 11.5. The first-order valence-electron chi connectivity index (χ1n) is 5.86. The molecule has 0 bridgehead atoms. The Morgan fingerprint density at radius 1 is 1.47 bits per heavy atom. The average molecular weight is 287 g/mol. The summed E-state index contributed by atoms with van der Waals surface area (Å²) in [7, 11) is 1.54. The molecule has 1 aromatic rings. The standard InChI is InChI=1S/C13H19ClN2O3/c1-13(2,3)19-12(17)15-11-7-9(8-16(4)18)5-6-10(11)14/h5-7,18H,8H2,1-4H3,(H,15,17). The number of amides is 1. The molecule has 6 heteroatoms. The highest BCUT2D eigenvalue weighted by Gasteiger charge is 2.17. The summed E-state index contributed by atoms with van der Waals surface area (Å²) >= 11 is 6.00. The van der Waals surface area contributed by atoms with Crippen molar-refractivity contribution < 1.29 is 14.7 Å². The normalized spacial score (nSPS) is 11.5. The number of benzene rings is 1. The number of ether oxygens (including phenoxy) is 1. The quantitative estimate of drug-likeness (QED) is 0.835. The molecule has 0 atom stereocenters. The Labute approximate surface area is 118 Å². The van der Waals surface area contributed by atoms with Gasteiger partial charge in [0.2, 0.25) is 0 Å². The molecule has 0 aromatic heterocycles. The van der Waals surface area contributed by atoms with Gasteiger partial charge >= 0.3 is 6.09 Å². The van der Waals surface area contributed by atoms with Gasteiger partial charge in [0.05, 0.1) is 10.7 Å². The molecule has 0 saturated heterocycles. The summed E-state index contributed by atoms with van der Waals surface area (Å²) in [5.74, 6) is 0. The van der Waals surface area contributed by atoms with Crippen LogP contribution in [0.3, 0.4) is 0 Å². The number of nitrogens with one attached hydrogen (secondary N) is 1. The predicted molar refractivity (Wildman–Crippen MR) is 74.6 cm³/mol. The van der Waals surface area contributed by atoms with Gasteiger partial charge in [0.25, 0.3) is 0 Å². The van der Waals surface area contributed by atoms with Gasteiger partial charge in [0.15, 0.2) is 0 Å². The van der Waals surface area contributed by atoms with Crippen LogP contribution in [0.25, 0.3) is 0 Å². The molecule has 0 fully saturated rings. The van der Waals surface area contributed by atoms with Crippen LogP contribution >= 0.6 is 11.6 Å². The molecule has 0 aliphatic heterocycles. The predicted octanol–water partition coefficient (Wildman–Crippen LogP) is 3.51. The average Bonchev–Trinajstić information content (AvgIpc) is 2.19. The fourth-order valence-electron chi connectivity index (χ4n) is 1.44. The number of hydrogen-bond acceptors (Lipinski definition) is 4. The van der Waals surface area contributed by atoms with Crippen molar-refractivity contribution in [1.29, 1.82) is 0 Å². The maximum atomic E-state index is 11.7. The first-order chi connectivity index (χ1) is 8.67. The highest BCUT2D eigenvalue weighted by Crippen LogP contribution is 2.24. The smallest absolute Gasteiger partial charge is 0.412 e. The van der Waals surface area contributed by atoms with Crippen molar-refractivity contribution >= 4 is 23.4 Å². The van der Waals surface area contributed by atoms with Gasteiger partial charge in [-0.25, -0.2) is 4.79 Å². The van der Waals surface area contributed by atoms with Crippen LogP contribution in [0.15, 0.2) is 18.2 Å². The highest BCUT2D eigenvalue weighted by atomic mass is 35.5. The maximum absolute atomic E-state index is 11.7. The molecule has 5 nitrogen and oxygen atoms in total. The molecule has 0 aliphatic carbocycles. The number of carbonyl (C=O) groups is 1. The van der Waals surface area contributed by atoms with Gasteiger partial charge in [-0.15, -0.1) is 0 Å². The minimum absolute atomic E-state index is 0.333. The summed E-state index contributed by atoms with van der Waals surface area (Å²) in [5, 5.41) is 13.2. The zero-order valence-corrected chi connectivity index (χ0v) is 12.3. The summed E-state index contributed by atoms with van der Waals surface area (Å²) in [6.07, 6.45) is -0.566. The number of anilines is 1. The summed E-state index contributed by atoms with van der Waals surface area (Å²) in [4.78, 5) is 11.7. The number of halogens is 1. The fraction of sp³-hybridized carbons (Fsp3) is 0.462. The van der Waals surface area contributed by atoms with Crippen molar-refractivity contribution in [3.8, 4) is 0 Å². The molecule has 0 spiro atoms. The SMILES string of the molecule is CN(O)Cc1ccc(Cl)c(NC(=O)OC(C)(C)C)c1. The van der Waals surface area contributed by atoms with Gasteiger partial charge in [-0.05, 0) is 38.5 Å². The summed E-state index contributed by atoms with van der Waals surface area (Å²) in [5.41, 5.74) is 0.704. The molecule has 1 aromatic carbocycles. The molecule has 19 heavy (non-hydrogen) atoms. The molecule has 1 amide bonds. The van der Waals surface area contributed by atoms with Gasteiger partial charge in [-0.1, -0.05) is 17.7 Å². The van der Waals surface area contributed by atoms with Crippen molar-refractivity contribution in [2.45, 2.75) is 32.9 Å². The molecular formula is C13H19ClN2O3. The van der Waals surface area contributed by atoms with Gasteiger partial charge in [-0.2, -0.15) is 5.06 Å². The molecule has 0 saturated carbocycles. The van der Waals surface area contributed by atoms with Gasteiger partial charge in [0, 0.05) is 13.6 Å². The van der Waals surface area contributed by atoms with E-state index in [0.717, 1.165) is 10.6 Å². The molecule has 0 radical (unpaired) electrons. The zero-order chi connectivity index (χ0) is 14.6. The maximum Gasteiger partial charge on any atom is 0.412 e. The largest absolute Gasteiger partial charge is 0.444 e. The van der Waals surface area contributed by atoms with E-state index in [2.05, 4.69) is 5.32 Å². The Kier molecular flexibility index (Phi) is 5.17. The molecule has 106 valence electrons. The monoisotopic (exact) mass is 286 g/mol. The minimum Gasteiger partial charge on any atom is -0.444 e. The van der Waals surface area contributed by atoms with E-state index >= 15 is 0 Å². The van der Waals surface area contributed by atoms with Crippen LogP contribution in [0.5, 0.6) is 0 Å². The van der Waals surface area contributed by atoms with Crippen molar-refractivity contribution in [2.75, 3.05) is 12.4 Å². The van der Waals surface area contributed by atoms with Crippen LogP contribution in [0.2, 0.25) is 5.02 Å². The van der Waals surface area contributed by atoms with Gasteiger partial charge in [0.1, 0.15) is 5.60 Å². The number of carbonyl (C=O) groups excluding carboxylic acids is 1. The highest BCUT2D eigenvalue weighted by molar-refractivity contribution is 6.33. The van der Waals surface area contributed by atoms with Crippen LogP contribution in [-0.4, -0.2) is 29.0 Å². The van der Waals surface area contributed by atoms with E-state index in [1.807, 2.05) is 0 Å². The van der Waals surface area contributed by atoms with E-state index in [9.17, 15) is 10.0 Å². The topological polar surface area (TPSA) is 61.8 Å². The van der Waals surface area contributed by atoms with Crippen LogP contribution in [0.1, 0.15) is 26.3 Å². The first kappa shape index (κ1) is 15.8. The van der Waals surface area contributed by atoms with Gasteiger partial charge in [-0.3, -0.25) is 5.32 Å². The van der Waals surface area contributed by atoms with E-state index in [1.54, 1.807) is 39.0 Å². The van der Waals surface area contributed by atoms with Crippen LogP contribution < -0.4 is 5.32 Å². The van der Waals surface area contributed by atoms with E-state index in [0.29, 0.717) is 17.3 Å². The van der Waals surface area contributed by atoms with E-state index < -0.39 is 11.7 Å². The lowest BCUT2D eigenvalue weighted by Gasteiger charge is -2.20. The molecule has 0 heterocycles. The second kappa shape index (κ2) is 6.23. The number of rotatable bonds is 3. The van der Waals surface area contributed by atoms with E-state index in [4.69, 9.17) is 16.3 Å². The first-order valence-corrected chi connectivity index (χ1v) is 6.23. The molecule has 1 rings (SSSR count). The summed E-state index contributed by atoms with van der Waals surface area (Å²) in [6.45, 7) is 5.68. The molecule has 0 aliphatic rings. The lowest BCUT2D eigenvalue weighted by molar-refractivity contribution is -0.0731. The summed E-state index contributed by atoms with van der Waals surface area (Å²) < 4.78 is 5.15. The second-order valence-electron chi connectivity index (χ2n) is 5.26. The second-order valence-corrected chi connectivity index (χ2v) is 5.66. The Bertz CT molecular complexity index is 456. The molecule has 2 N–H and O–H groups in total. The van der Waals surface area contributed by atoms with Crippen LogP contribution in [-0.2, 0) is 11.3 Å².